The van der Waals surface area contributed by atoms with E-state index in [0.717, 1.165) is 19.3 Å². The van der Waals surface area contributed by atoms with Crippen LogP contribution >= 0.6 is 0 Å². The summed E-state index contributed by atoms with van der Waals surface area (Å²) >= 11 is 0. The van der Waals surface area contributed by atoms with Crippen molar-refractivity contribution in [3.8, 4) is 0 Å². The number of hydrogen-bond acceptors (Lipinski definition) is 0. The summed E-state index contributed by atoms with van der Waals surface area (Å²) in [4.78, 5) is 0. The largest absolute Gasteiger partial charge is 0.0991 e. The Kier molecular flexibility index (Phi) is 6.02. The lowest BCUT2D eigenvalue weighted by molar-refractivity contribution is 1.18. The van der Waals surface area contributed by atoms with Crippen LogP contribution in [0.25, 0.3) is 0 Å². The topological polar surface area (TPSA) is 0 Å². The SMILES string of the molecule is C1=CCC(C2=CC=CC2)=C1.C=CC=CCC. The average molecular weight is 212 g/mol. The van der Waals surface area contributed by atoms with Gasteiger partial charge in [-0.15, -0.1) is 0 Å². The van der Waals surface area contributed by atoms with Crippen molar-refractivity contribution in [1.82, 2.24) is 0 Å². The number of allylic oxidation sites excluding steroid dienone is 11. The molecular weight excluding hydrogens is 192 g/mol. The fourth-order valence-electron chi connectivity index (χ4n) is 1.60. The van der Waals surface area contributed by atoms with Crippen LogP contribution in [-0.4, -0.2) is 0 Å². The summed E-state index contributed by atoms with van der Waals surface area (Å²) in [6.45, 7) is 5.61. The van der Waals surface area contributed by atoms with Crippen molar-refractivity contribution in [3.05, 3.63) is 72.4 Å². The van der Waals surface area contributed by atoms with Crippen LogP contribution in [0.1, 0.15) is 26.2 Å². The average Bonchev–Trinajstić information content (AvgIpc) is 2.97. The minimum Gasteiger partial charge on any atom is -0.0991 e. The summed E-state index contributed by atoms with van der Waals surface area (Å²) in [6, 6.07) is 0. The lowest BCUT2D eigenvalue weighted by Crippen LogP contribution is -1.80. The first-order chi connectivity index (χ1) is 7.88. The minimum absolute atomic E-state index is 1.10. The summed E-state index contributed by atoms with van der Waals surface area (Å²) in [5.41, 5.74) is 2.98. The first kappa shape index (κ1) is 12.5. The van der Waals surface area contributed by atoms with E-state index in [-0.39, 0.29) is 0 Å². The van der Waals surface area contributed by atoms with Gasteiger partial charge in [0.1, 0.15) is 0 Å². The normalized spacial score (nSPS) is 17.1. The fraction of sp³-hybridized carbons (Fsp3) is 0.250. The molecule has 0 aromatic carbocycles. The highest BCUT2D eigenvalue weighted by atomic mass is 14.1. The molecular formula is C16H20. The van der Waals surface area contributed by atoms with Gasteiger partial charge in [0.15, 0.2) is 0 Å². The Morgan fingerprint density at radius 3 is 1.94 bits per heavy atom. The fourth-order valence-corrected chi connectivity index (χ4v) is 1.60. The Morgan fingerprint density at radius 2 is 1.69 bits per heavy atom. The molecule has 2 aliphatic rings. The Balaban J connectivity index is 0.000000187. The van der Waals surface area contributed by atoms with E-state index < -0.39 is 0 Å². The molecule has 0 saturated heterocycles. The van der Waals surface area contributed by atoms with Gasteiger partial charge in [-0.1, -0.05) is 68.2 Å². The second-order valence-corrected chi connectivity index (χ2v) is 3.72. The third kappa shape index (κ3) is 4.31. The quantitative estimate of drug-likeness (QED) is 0.584. The second-order valence-electron chi connectivity index (χ2n) is 3.72. The Morgan fingerprint density at radius 1 is 1.12 bits per heavy atom. The Labute approximate surface area is 99.1 Å². The van der Waals surface area contributed by atoms with E-state index >= 15 is 0 Å². The molecule has 0 saturated carbocycles. The maximum Gasteiger partial charge on any atom is -0.00915 e. The summed E-state index contributed by atoms with van der Waals surface area (Å²) in [7, 11) is 0. The molecule has 2 aliphatic carbocycles. The molecule has 0 bridgehead atoms. The van der Waals surface area contributed by atoms with E-state index in [0.29, 0.717) is 0 Å². The van der Waals surface area contributed by atoms with Crippen molar-refractivity contribution in [3.63, 3.8) is 0 Å². The smallest absolute Gasteiger partial charge is 0.00915 e. The van der Waals surface area contributed by atoms with Gasteiger partial charge in [-0.05, 0) is 30.4 Å². The zero-order chi connectivity index (χ0) is 11.6. The van der Waals surface area contributed by atoms with Crippen LogP contribution in [0.15, 0.2) is 72.4 Å². The van der Waals surface area contributed by atoms with Crippen LogP contribution < -0.4 is 0 Å². The second kappa shape index (κ2) is 7.70. The molecule has 0 heteroatoms. The first-order valence-electron chi connectivity index (χ1n) is 5.87. The highest BCUT2D eigenvalue weighted by molar-refractivity contribution is 5.44. The van der Waals surface area contributed by atoms with Crippen LogP contribution in [-0.2, 0) is 0 Å². The van der Waals surface area contributed by atoms with Gasteiger partial charge in [0.25, 0.3) is 0 Å². The van der Waals surface area contributed by atoms with Crippen LogP contribution in [0.2, 0.25) is 0 Å². The zero-order valence-electron chi connectivity index (χ0n) is 10.0. The van der Waals surface area contributed by atoms with E-state index in [9.17, 15) is 0 Å². The summed E-state index contributed by atoms with van der Waals surface area (Å²) in [5.74, 6) is 0. The van der Waals surface area contributed by atoms with Gasteiger partial charge in [0, 0.05) is 0 Å². The van der Waals surface area contributed by atoms with E-state index in [1.807, 2.05) is 6.08 Å². The molecule has 0 spiro atoms. The maximum atomic E-state index is 3.51. The van der Waals surface area contributed by atoms with Crippen LogP contribution in [0.4, 0.5) is 0 Å². The standard InChI is InChI=1S/C10H10.C6H10/c1-2-6-9(5-1)10-7-3-4-8-10;1-3-5-6-4-2/h1-5,7H,6,8H2;3,5-6H,1,4H2,2H3. The Bertz CT molecular complexity index is 331. The van der Waals surface area contributed by atoms with Crippen molar-refractivity contribution in [2.45, 2.75) is 26.2 Å². The van der Waals surface area contributed by atoms with Gasteiger partial charge in [0.2, 0.25) is 0 Å². The summed E-state index contributed by atoms with van der Waals surface area (Å²) < 4.78 is 0. The highest BCUT2D eigenvalue weighted by Gasteiger charge is 2.05. The molecule has 0 fully saturated rings. The molecule has 0 aromatic rings. The lowest BCUT2D eigenvalue weighted by atomic mass is 10.1. The van der Waals surface area contributed by atoms with Gasteiger partial charge >= 0.3 is 0 Å². The van der Waals surface area contributed by atoms with Gasteiger partial charge in [-0.3, -0.25) is 0 Å². The maximum absolute atomic E-state index is 3.51. The first-order valence-corrected chi connectivity index (χ1v) is 5.87. The molecule has 2 rings (SSSR count). The van der Waals surface area contributed by atoms with Crippen LogP contribution in [0, 0.1) is 0 Å². The predicted molar refractivity (Wildman–Crippen MR) is 73.3 cm³/mol. The van der Waals surface area contributed by atoms with Crippen molar-refractivity contribution in [2.24, 2.45) is 0 Å². The molecule has 84 valence electrons. The van der Waals surface area contributed by atoms with Gasteiger partial charge in [-0.2, -0.15) is 0 Å². The monoisotopic (exact) mass is 212 g/mol. The van der Waals surface area contributed by atoms with Gasteiger partial charge in [-0.25, -0.2) is 0 Å². The molecule has 0 aliphatic heterocycles. The van der Waals surface area contributed by atoms with E-state index in [1.165, 1.54) is 11.1 Å². The van der Waals surface area contributed by atoms with E-state index in [2.05, 4.69) is 56.0 Å². The Hall–Kier alpha value is -1.56. The van der Waals surface area contributed by atoms with E-state index in [4.69, 9.17) is 0 Å². The molecule has 0 aromatic heterocycles. The molecule has 0 N–H and O–H groups in total. The lowest BCUT2D eigenvalue weighted by Gasteiger charge is -1.99. The van der Waals surface area contributed by atoms with Crippen molar-refractivity contribution >= 4 is 0 Å². The number of hydrogen-bond donors (Lipinski definition) is 0. The minimum atomic E-state index is 1.10. The molecule has 0 radical (unpaired) electrons. The summed E-state index contributed by atoms with van der Waals surface area (Å²) in [5, 5.41) is 0. The van der Waals surface area contributed by atoms with E-state index in [1.54, 1.807) is 6.08 Å². The van der Waals surface area contributed by atoms with Crippen LogP contribution in [0.3, 0.4) is 0 Å². The molecule has 0 nitrogen and oxygen atoms in total. The number of rotatable bonds is 3. The molecule has 0 amide bonds. The van der Waals surface area contributed by atoms with Crippen molar-refractivity contribution in [2.75, 3.05) is 0 Å². The van der Waals surface area contributed by atoms with Crippen molar-refractivity contribution < 1.29 is 0 Å². The molecule has 0 unspecified atom stereocenters. The highest BCUT2D eigenvalue weighted by Crippen LogP contribution is 2.25. The predicted octanol–water partition coefficient (Wildman–Crippen LogP) is 4.90. The summed E-state index contributed by atoms with van der Waals surface area (Å²) in [6.07, 6.45) is 22.2. The third-order valence-electron chi connectivity index (χ3n) is 2.46. The molecule has 0 atom stereocenters. The molecule has 16 heavy (non-hydrogen) atoms. The van der Waals surface area contributed by atoms with Gasteiger partial charge in [0.05, 0.1) is 0 Å². The van der Waals surface area contributed by atoms with Crippen LogP contribution in [0.5, 0.6) is 0 Å². The third-order valence-corrected chi connectivity index (χ3v) is 2.46. The van der Waals surface area contributed by atoms with Gasteiger partial charge < -0.3 is 0 Å². The zero-order valence-corrected chi connectivity index (χ0v) is 10.0. The van der Waals surface area contributed by atoms with Crippen molar-refractivity contribution in [1.29, 1.82) is 0 Å². The molecule has 0 heterocycles.